The molecule has 0 amide bonds. The van der Waals surface area contributed by atoms with Gasteiger partial charge in [-0.2, -0.15) is 0 Å². The molecule has 114 valence electrons. The van der Waals surface area contributed by atoms with E-state index in [1.807, 2.05) is 0 Å². The van der Waals surface area contributed by atoms with E-state index in [9.17, 15) is 9.18 Å². The molecule has 5 heteroatoms. The molecule has 1 fully saturated rings. The summed E-state index contributed by atoms with van der Waals surface area (Å²) in [6.07, 6.45) is 3.47. The Hall–Kier alpha value is -1.72. The number of morpholine rings is 1. The van der Waals surface area contributed by atoms with Gasteiger partial charge in [-0.05, 0) is 30.2 Å². The molecule has 0 bridgehead atoms. The van der Waals surface area contributed by atoms with Crippen LogP contribution in [0.15, 0.2) is 24.3 Å². The molecule has 1 aromatic rings. The fourth-order valence-electron chi connectivity index (χ4n) is 2.41. The highest BCUT2D eigenvalue weighted by atomic mass is 19.1. The average Bonchev–Trinajstić information content (AvgIpc) is 2.48. The smallest absolute Gasteiger partial charge is 0.328 e. The fourth-order valence-corrected chi connectivity index (χ4v) is 2.41. The Morgan fingerprint density at radius 2 is 2.38 bits per heavy atom. The summed E-state index contributed by atoms with van der Waals surface area (Å²) in [6, 6.07) is 4.82. The Balaban J connectivity index is 2.06. The highest BCUT2D eigenvalue weighted by Crippen LogP contribution is 2.16. The van der Waals surface area contributed by atoms with Gasteiger partial charge in [0.15, 0.2) is 0 Å². The minimum absolute atomic E-state index is 0.255. The Morgan fingerprint density at radius 1 is 1.57 bits per heavy atom. The van der Waals surface area contributed by atoms with Gasteiger partial charge in [0.2, 0.25) is 0 Å². The summed E-state index contributed by atoms with van der Waals surface area (Å²) < 4.78 is 19.3. The van der Waals surface area contributed by atoms with Crippen molar-refractivity contribution < 1.29 is 19.0 Å². The van der Waals surface area contributed by atoms with Gasteiger partial charge in [-0.3, -0.25) is 4.90 Å². The van der Waals surface area contributed by atoms with Crippen LogP contribution in [0.2, 0.25) is 0 Å². The van der Waals surface area contributed by atoms with E-state index in [2.05, 4.69) is 11.8 Å². The van der Waals surface area contributed by atoms with Crippen molar-refractivity contribution in [2.75, 3.05) is 19.7 Å². The monoisotopic (exact) mass is 293 g/mol. The maximum Gasteiger partial charge on any atom is 0.328 e. The van der Waals surface area contributed by atoms with Gasteiger partial charge in [0, 0.05) is 31.3 Å². The van der Waals surface area contributed by atoms with Gasteiger partial charge >= 0.3 is 5.97 Å². The van der Waals surface area contributed by atoms with Crippen LogP contribution in [0.5, 0.6) is 0 Å². The first-order valence-corrected chi connectivity index (χ1v) is 7.12. The maximum absolute atomic E-state index is 13.6. The lowest BCUT2D eigenvalue weighted by Gasteiger charge is -2.32. The molecule has 1 aliphatic rings. The third-order valence-corrected chi connectivity index (χ3v) is 3.55. The first kappa shape index (κ1) is 15.7. The van der Waals surface area contributed by atoms with Crippen LogP contribution >= 0.6 is 0 Å². The number of benzene rings is 1. The lowest BCUT2D eigenvalue weighted by molar-refractivity contribution is -0.131. The third kappa shape index (κ3) is 4.65. The molecule has 1 saturated heterocycles. The highest BCUT2D eigenvalue weighted by molar-refractivity contribution is 5.85. The standard InChI is InChI=1S/C16H20FNO3/c1-2-14-11-18(7-8-21-14)10-12-3-5-15(17)13(9-12)4-6-16(19)20/h3-6,9,14H,2,7-8,10-11H2,1H3,(H,19,20). The zero-order valence-electron chi connectivity index (χ0n) is 12.1. The molecule has 0 aliphatic carbocycles. The van der Waals surface area contributed by atoms with Crippen molar-refractivity contribution in [2.24, 2.45) is 0 Å². The number of nitrogens with zero attached hydrogens (tertiary/aromatic N) is 1. The lowest BCUT2D eigenvalue weighted by atomic mass is 10.1. The van der Waals surface area contributed by atoms with Gasteiger partial charge in [0.1, 0.15) is 5.82 Å². The van der Waals surface area contributed by atoms with Crippen molar-refractivity contribution in [3.05, 3.63) is 41.2 Å². The summed E-state index contributed by atoms with van der Waals surface area (Å²) in [7, 11) is 0. The molecule has 0 aromatic heterocycles. The number of ether oxygens (including phenoxy) is 1. The zero-order valence-corrected chi connectivity index (χ0v) is 12.1. The van der Waals surface area contributed by atoms with Crippen LogP contribution in [-0.2, 0) is 16.1 Å². The molecule has 1 N–H and O–H groups in total. The van der Waals surface area contributed by atoms with Crippen molar-refractivity contribution in [3.8, 4) is 0 Å². The van der Waals surface area contributed by atoms with Crippen LogP contribution in [0.25, 0.3) is 6.08 Å². The van der Waals surface area contributed by atoms with Crippen molar-refractivity contribution in [2.45, 2.75) is 26.0 Å². The third-order valence-electron chi connectivity index (χ3n) is 3.55. The summed E-state index contributed by atoms with van der Waals surface area (Å²) in [4.78, 5) is 12.8. The van der Waals surface area contributed by atoms with E-state index in [1.54, 1.807) is 12.1 Å². The topological polar surface area (TPSA) is 49.8 Å². The second kappa shape index (κ2) is 7.33. The Morgan fingerprint density at radius 3 is 3.10 bits per heavy atom. The average molecular weight is 293 g/mol. The van der Waals surface area contributed by atoms with Crippen LogP contribution in [0.4, 0.5) is 4.39 Å². The number of halogens is 1. The predicted octanol–water partition coefficient (Wildman–Crippen LogP) is 2.53. The van der Waals surface area contributed by atoms with Crippen molar-refractivity contribution in [1.29, 1.82) is 0 Å². The fraction of sp³-hybridized carbons (Fsp3) is 0.438. The molecular weight excluding hydrogens is 273 g/mol. The van der Waals surface area contributed by atoms with Crippen LogP contribution in [0.3, 0.4) is 0 Å². The molecule has 1 atom stereocenters. The Labute approximate surface area is 123 Å². The summed E-state index contributed by atoms with van der Waals surface area (Å²) in [6.45, 7) is 5.25. The molecule has 4 nitrogen and oxygen atoms in total. The molecule has 1 unspecified atom stereocenters. The Kier molecular flexibility index (Phi) is 5.47. The maximum atomic E-state index is 13.6. The quantitative estimate of drug-likeness (QED) is 0.848. The van der Waals surface area contributed by atoms with E-state index in [4.69, 9.17) is 9.84 Å². The normalized spacial score (nSPS) is 20.0. The van der Waals surface area contributed by atoms with E-state index in [1.165, 1.54) is 12.1 Å². The molecule has 1 aromatic carbocycles. The number of carboxylic acid groups (broad SMARTS) is 1. The van der Waals surface area contributed by atoms with Gasteiger partial charge in [-0.15, -0.1) is 0 Å². The molecule has 1 aliphatic heterocycles. The number of aliphatic carboxylic acids is 1. The molecule has 0 radical (unpaired) electrons. The molecule has 21 heavy (non-hydrogen) atoms. The molecule has 0 spiro atoms. The summed E-state index contributed by atoms with van der Waals surface area (Å²) >= 11 is 0. The van der Waals surface area contributed by atoms with Gasteiger partial charge in [-0.25, -0.2) is 9.18 Å². The number of carboxylic acids is 1. The van der Waals surface area contributed by atoms with E-state index < -0.39 is 11.8 Å². The summed E-state index contributed by atoms with van der Waals surface area (Å²) in [5, 5.41) is 8.62. The Bertz CT molecular complexity index is 530. The molecule has 0 saturated carbocycles. The number of hydrogen-bond acceptors (Lipinski definition) is 3. The van der Waals surface area contributed by atoms with Gasteiger partial charge in [0.05, 0.1) is 12.7 Å². The second-order valence-electron chi connectivity index (χ2n) is 5.16. The molecular formula is C16H20FNO3. The number of hydrogen-bond donors (Lipinski definition) is 1. The highest BCUT2D eigenvalue weighted by Gasteiger charge is 2.19. The first-order chi connectivity index (χ1) is 10.1. The number of carbonyl (C=O) groups is 1. The van der Waals surface area contributed by atoms with Crippen molar-refractivity contribution in [3.63, 3.8) is 0 Å². The predicted molar refractivity (Wildman–Crippen MR) is 78.4 cm³/mol. The van der Waals surface area contributed by atoms with Crippen molar-refractivity contribution >= 4 is 12.0 Å². The van der Waals surface area contributed by atoms with E-state index in [-0.39, 0.29) is 6.10 Å². The van der Waals surface area contributed by atoms with Crippen LogP contribution < -0.4 is 0 Å². The van der Waals surface area contributed by atoms with Crippen molar-refractivity contribution in [1.82, 2.24) is 4.90 Å². The first-order valence-electron chi connectivity index (χ1n) is 7.12. The van der Waals surface area contributed by atoms with E-state index in [0.717, 1.165) is 31.1 Å². The molecule has 1 heterocycles. The van der Waals surface area contributed by atoms with Crippen LogP contribution in [0, 0.1) is 5.82 Å². The van der Waals surface area contributed by atoms with Gasteiger partial charge in [0.25, 0.3) is 0 Å². The summed E-state index contributed by atoms with van der Waals surface area (Å²) in [5.74, 6) is -1.50. The second-order valence-corrected chi connectivity index (χ2v) is 5.16. The summed E-state index contributed by atoms with van der Waals surface area (Å²) in [5.41, 5.74) is 1.27. The van der Waals surface area contributed by atoms with E-state index >= 15 is 0 Å². The van der Waals surface area contributed by atoms with Crippen LogP contribution in [-0.4, -0.2) is 41.8 Å². The minimum Gasteiger partial charge on any atom is -0.478 e. The van der Waals surface area contributed by atoms with E-state index in [0.29, 0.717) is 18.7 Å². The largest absolute Gasteiger partial charge is 0.478 e. The van der Waals surface area contributed by atoms with Gasteiger partial charge < -0.3 is 9.84 Å². The number of rotatable bonds is 5. The molecule has 2 rings (SSSR count). The lowest BCUT2D eigenvalue weighted by Crippen LogP contribution is -2.41. The van der Waals surface area contributed by atoms with Gasteiger partial charge in [-0.1, -0.05) is 13.0 Å². The SMILES string of the molecule is CCC1CN(Cc2ccc(F)c(C=CC(=O)O)c2)CCO1. The van der Waals surface area contributed by atoms with Crippen LogP contribution in [0.1, 0.15) is 24.5 Å². The zero-order chi connectivity index (χ0) is 15.2. The minimum atomic E-state index is -1.08.